The minimum atomic E-state index is -0.442. The Labute approximate surface area is 152 Å². The summed E-state index contributed by atoms with van der Waals surface area (Å²) < 4.78 is 18.8. The molecule has 0 aliphatic carbocycles. The number of likely N-dealkylation sites (N-methyl/N-ethyl adjacent to an activating group) is 1. The van der Waals surface area contributed by atoms with E-state index < -0.39 is 5.82 Å². The van der Waals surface area contributed by atoms with Gasteiger partial charge in [0.15, 0.2) is 11.6 Å². The van der Waals surface area contributed by atoms with Crippen LogP contribution in [0, 0.1) is 19.7 Å². The van der Waals surface area contributed by atoms with Crippen LogP contribution in [-0.4, -0.2) is 43.5 Å². The Morgan fingerprint density at radius 3 is 2.42 bits per heavy atom. The van der Waals surface area contributed by atoms with Gasteiger partial charge in [-0.3, -0.25) is 9.59 Å². The fraction of sp³-hybridized carbons (Fsp3) is 0.300. The number of halogens is 1. The monoisotopic (exact) mass is 358 g/mol. The van der Waals surface area contributed by atoms with E-state index >= 15 is 0 Å². The maximum absolute atomic E-state index is 13.4. The van der Waals surface area contributed by atoms with Crippen LogP contribution in [0.3, 0.4) is 0 Å². The number of hydrogen-bond donors (Lipinski definition) is 1. The summed E-state index contributed by atoms with van der Waals surface area (Å²) >= 11 is 0. The van der Waals surface area contributed by atoms with E-state index in [2.05, 4.69) is 5.32 Å². The highest BCUT2D eigenvalue weighted by Gasteiger charge is 2.12. The predicted octanol–water partition coefficient (Wildman–Crippen LogP) is 2.71. The molecule has 0 saturated heterocycles. The number of hydrogen-bond acceptors (Lipinski definition) is 3. The Hall–Kier alpha value is -2.89. The van der Waals surface area contributed by atoms with Crippen molar-refractivity contribution in [1.29, 1.82) is 0 Å². The average molecular weight is 358 g/mol. The van der Waals surface area contributed by atoms with E-state index in [1.54, 1.807) is 31.3 Å². The normalized spacial score (nSPS) is 10.3. The van der Waals surface area contributed by atoms with E-state index in [-0.39, 0.29) is 37.3 Å². The molecule has 2 aromatic rings. The van der Waals surface area contributed by atoms with Crippen LogP contribution in [-0.2, 0) is 4.79 Å². The van der Waals surface area contributed by atoms with Crippen molar-refractivity contribution >= 4 is 11.8 Å². The molecule has 0 spiro atoms. The van der Waals surface area contributed by atoms with Crippen molar-refractivity contribution in [2.75, 3.05) is 26.7 Å². The zero-order chi connectivity index (χ0) is 19.1. The third-order valence-electron chi connectivity index (χ3n) is 3.83. The highest BCUT2D eigenvalue weighted by atomic mass is 19.1. The first kappa shape index (κ1) is 19.4. The molecule has 0 atom stereocenters. The Morgan fingerprint density at radius 1 is 1.12 bits per heavy atom. The zero-order valence-electron chi connectivity index (χ0n) is 15.2. The third kappa shape index (κ3) is 5.58. The fourth-order valence-corrected chi connectivity index (χ4v) is 2.48. The average Bonchev–Trinajstić information content (AvgIpc) is 2.60. The van der Waals surface area contributed by atoms with Crippen molar-refractivity contribution in [2.45, 2.75) is 13.8 Å². The molecule has 0 bridgehead atoms. The summed E-state index contributed by atoms with van der Waals surface area (Å²) in [7, 11) is 1.61. The van der Waals surface area contributed by atoms with Gasteiger partial charge in [-0.15, -0.1) is 0 Å². The maximum Gasteiger partial charge on any atom is 0.251 e. The molecule has 0 radical (unpaired) electrons. The molecule has 0 heterocycles. The van der Waals surface area contributed by atoms with E-state index in [0.717, 1.165) is 11.1 Å². The SMILES string of the molecule is Cc1cc(C)cc(C(=O)NCC(=O)N(C)CCOc2ccccc2F)c1. The third-order valence-corrected chi connectivity index (χ3v) is 3.83. The van der Waals surface area contributed by atoms with Crippen LogP contribution in [0.1, 0.15) is 21.5 Å². The number of ether oxygens (including phenoxy) is 1. The van der Waals surface area contributed by atoms with Crippen molar-refractivity contribution < 1.29 is 18.7 Å². The van der Waals surface area contributed by atoms with Crippen LogP contribution in [0.15, 0.2) is 42.5 Å². The van der Waals surface area contributed by atoms with Crippen LogP contribution >= 0.6 is 0 Å². The second-order valence-corrected chi connectivity index (χ2v) is 6.15. The zero-order valence-corrected chi connectivity index (χ0v) is 15.2. The number of nitrogens with one attached hydrogen (secondary N) is 1. The van der Waals surface area contributed by atoms with Crippen LogP contribution in [0.25, 0.3) is 0 Å². The Balaban J connectivity index is 1.78. The Morgan fingerprint density at radius 2 is 1.77 bits per heavy atom. The van der Waals surface area contributed by atoms with E-state index in [1.807, 2.05) is 19.9 Å². The standard InChI is InChI=1S/C20H23FN2O3/c1-14-10-15(2)12-16(11-14)20(25)22-13-19(24)23(3)8-9-26-18-7-5-4-6-17(18)21/h4-7,10-12H,8-9,13H2,1-3H3,(H,22,25). The lowest BCUT2D eigenvalue weighted by molar-refractivity contribution is -0.129. The van der Waals surface area contributed by atoms with Gasteiger partial charge in [0.1, 0.15) is 6.61 Å². The van der Waals surface area contributed by atoms with Gasteiger partial charge < -0.3 is 15.0 Å². The lowest BCUT2D eigenvalue weighted by Crippen LogP contribution is -2.39. The van der Waals surface area contributed by atoms with Gasteiger partial charge in [-0.25, -0.2) is 4.39 Å². The Bertz CT molecular complexity index is 772. The topological polar surface area (TPSA) is 58.6 Å². The number of carbonyl (C=O) groups is 2. The summed E-state index contributed by atoms with van der Waals surface area (Å²) in [6, 6.07) is 11.6. The van der Waals surface area contributed by atoms with Gasteiger partial charge in [-0.05, 0) is 38.1 Å². The molecule has 5 nitrogen and oxygen atoms in total. The minimum Gasteiger partial charge on any atom is -0.489 e. The number of amides is 2. The first-order chi connectivity index (χ1) is 12.4. The highest BCUT2D eigenvalue weighted by molar-refractivity contribution is 5.96. The van der Waals surface area contributed by atoms with E-state index in [0.29, 0.717) is 5.56 Å². The molecule has 2 amide bonds. The second kappa shape index (κ2) is 8.99. The maximum atomic E-state index is 13.4. The number of aryl methyl sites for hydroxylation is 2. The summed E-state index contributed by atoms with van der Waals surface area (Å²) in [5.41, 5.74) is 2.51. The highest BCUT2D eigenvalue weighted by Crippen LogP contribution is 2.15. The van der Waals surface area contributed by atoms with E-state index in [4.69, 9.17) is 4.74 Å². The van der Waals surface area contributed by atoms with Crippen molar-refractivity contribution in [3.63, 3.8) is 0 Å². The molecule has 1 N–H and O–H groups in total. The summed E-state index contributed by atoms with van der Waals surface area (Å²) in [6.45, 7) is 4.17. The smallest absolute Gasteiger partial charge is 0.251 e. The summed E-state index contributed by atoms with van der Waals surface area (Å²) in [5, 5.41) is 2.62. The summed E-state index contributed by atoms with van der Waals surface area (Å²) in [4.78, 5) is 25.7. The van der Waals surface area contributed by atoms with Crippen LogP contribution in [0.4, 0.5) is 4.39 Å². The number of nitrogens with zero attached hydrogens (tertiary/aromatic N) is 1. The molecule has 6 heteroatoms. The molecule has 2 rings (SSSR count). The van der Waals surface area contributed by atoms with Crippen LogP contribution < -0.4 is 10.1 Å². The molecule has 0 aromatic heterocycles. The van der Waals surface area contributed by atoms with Gasteiger partial charge in [0.2, 0.25) is 5.91 Å². The van der Waals surface area contributed by atoms with Crippen molar-refractivity contribution in [3.05, 3.63) is 65.0 Å². The molecule has 26 heavy (non-hydrogen) atoms. The lowest BCUT2D eigenvalue weighted by atomic mass is 10.1. The molecule has 0 fully saturated rings. The molecule has 0 saturated carbocycles. The largest absolute Gasteiger partial charge is 0.489 e. The second-order valence-electron chi connectivity index (χ2n) is 6.15. The molecule has 0 aliphatic rings. The van der Waals surface area contributed by atoms with Gasteiger partial charge in [-0.2, -0.15) is 0 Å². The van der Waals surface area contributed by atoms with Crippen molar-refractivity contribution in [3.8, 4) is 5.75 Å². The fourth-order valence-electron chi connectivity index (χ4n) is 2.48. The van der Waals surface area contributed by atoms with Crippen molar-refractivity contribution in [2.24, 2.45) is 0 Å². The number of benzene rings is 2. The quantitative estimate of drug-likeness (QED) is 0.828. The molecule has 138 valence electrons. The lowest BCUT2D eigenvalue weighted by Gasteiger charge is -2.18. The molecule has 2 aromatic carbocycles. The van der Waals surface area contributed by atoms with Gasteiger partial charge in [-0.1, -0.05) is 29.3 Å². The summed E-state index contributed by atoms with van der Waals surface area (Å²) in [6.07, 6.45) is 0. The molecular formula is C20H23FN2O3. The van der Waals surface area contributed by atoms with Gasteiger partial charge in [0.05, 0.1) is 13.1 Å². The first-order valence-electron chi connectivity index (χ1n) is 8.34. The molecule has 0 unspecified atom stereocenters. The Kier molecular flexibility index (Phi) is 6.72. The van der Waals surface area contributed by atoms with Crippen LogP contribution in [0.2, 0.25) is 0 Å². The first-order valence-corrected chi connectivity index (χ1v) is 8.34. The molecular weight excluding hydrogens is 335 g/mol. The predicted molar refractivity (Wildman–Crippen MR) is 97.8 cm³/mol. The van der Waals surface area contributed by atoms with Crippen molar-refractivity contribution in [1.82, 2.24) is 10.2 Å². The number of para-hydroxylation sites is 1. The van der Waals surface area contributed by atoms with E-state index in [1.165, 1.54) is 17.0 Å². The minimum absolute atomic E-state index is 0.109. The van der Waals surface area contributed by atoms with Crippen LogP contribution in [0.5, 0.6) is 5.75 Å². The van der Waals surface area contributed by atoms with Gasteiger partial charge in [0, 0.05) is 12.6 Å². The number of rotatable bonds is 7. The molecule has 0 aliphatic heterocycles. The summed E-state index contributed by atoms with van der Waals surface area (Å²) in [5.74, 6) is -0.834. The van der Waals surface area contributed by atoms with Gasteiger partial charge >= 0.3 is 0 Å². The van der Waals surface area contributed by atoms with Gasteiger partial charge in [0.25, 0.3) is 5.91 Å². The van der Waals surface area contributed by atoms with E-state index in [9.17, 15) is 14.0 Å². The number of carbonyl (C=O) groups excluding carboxylic acids is 2.